The van der Waals surface area contributed by atoms with Gasteiger partial charge in [-0.05, 0) is 24.6 Å². The van der Waals surface area contributed by atoms with Crippen molar-refractivity contribution in [3.63, 3.8) is 0 Å². The molecule has 1 aliphatic rings. The highest BCUT2D eigenvalue weighted by Crippen LogP contribution is 2.25. The molecule has 2 N–H and O–H groups in total. The SMILES string of the molecule is N#Cc1cc(N2CCC(C(N)=O)C2)ccc1F. The summed E-state index contributed by atoms with van der Waals surface area (Å²) in [6, 6.07) is 6.18. The Morgan fingerprint density at radius 3 is 2.94 bits per heavy atom. The minimum absolute atomic E-state index is 0.0185. The van der Waals surface area contributed by atoms with E-state index in [1.165, 1.54) is 12.1 Å². The number of nitrogens with two attached hydrogens (primary N) is 1. The largest absolute Gasteiger partial charge is 0.371 e. The molecule has 0 aromatic heterocycles. The van der Waals surface area contributed by atoms with Crippen LogP contribution in [-0.2, 0) is 4.79 Å². The number of carbonyl (C=O) groups is 1. The Balaban J connectivity index is 2.20. The highest BCUT2D eigenvalue weighted by atomic mass is 19.1. The van der Waals surface area contributed by atoms with Crippen molar-refractivity contribution in [3.05, 3.63) is 29.6 Å². The van der Waals surface area contributed by atoms with Crippen LogP contribution in [0.3, 0.4) is 0 Å². The molecule has 0 saturated carbocycles. The molecule has 1 amide bonds. The number of hydrogen-bond donors (Lipinski definition) is 1. The average molecular weight is 233 g/mol. The van der Waals surface area contributed by atoms with E-state index in [9.17, 15) is 9.18 Å². The van der Waals surface area contributed by atoms with Crippen LogP contribution in [-0.4, -0.2) is 19.0 Å². The lowest BCUT2D eigenvalue weighted by atomic mass is 10.1. The second-order valence-electron chi connectivity index (χ2n) is 4.11. The van der Waals surface area contributed by atoms with Crippen LogP contribution in [0.25, 0.3) is 0 Å². The van der Waals surface area contributed by atoms with Crippen LogP contribution in [0.4, 0.5) is 10.1 Å². The number of primary amides is 1. The van der Waals surface area contributed by atoms with Crippen LogP contribution in [0, 0.1) is 23.1 Å². The third-order valence-corrected chi connectivity index (χ3v) is 3.03. The number of hydrogen-bond acceptors (Lipinski definition) is 3. The first kappa shape index (κ1) is 11.4. The van der Waals surface area contributed by atoms with Gasteiger partial charge in [0.1, 0.15) is 11.9 Å². The summed E-state index contributed by atoms with van der Waals surface area (Å²) in [6.45, 7) is 1.23. The average Bonchev–Trinajstić information content (AvgIpc) is 2.79. The number of benzene rings is 1. The molecule has 0 aliphatic carbocycles. The Kier molecular flexibility index (Phi) is 2.96. The Morgan fingerprint density at radius 2 is 2.35 bits per heavy atom. The third kappa shape index (κ3) is 2.21. The van der Waals surface area contributed by atoms with Gasteiger partial charge in [-0.3, -0.25) is 4.79 Å². The highest BCUT2D eigenvalue weighted by Gasteiger charge is 2.26. The number of nitriles is 1. The summed E-state index contributed by atoms with van der Waals surface area (Å²) in [5, 5.41) is 8.74. The lowest BCUT2D eigenvalue weighted by Crippen LogP contribution is -2.27. The number of amides is 1. The van der Waals surface area contributed by atoms with E-state index >= 15 is 0 Å². The molecule has 17 heavy (non-hydrogen) atoms. The summed E-state index contributed by atoms with van der Waals surface area (Å²) >= 11 is 0. The maximum atomic E-state index is 13.1. The molecule has 1 fully saturated rings. The van der Waals surface area contributed by atoms with Crippen molar-refractivity contribution in [3.8, 4) is 6.07 Å². The van der Waals surface area contributed by atoms with Gasteiger partial charge in [0.25, 0.3) is 0 Å². The molecule has 0 bridgehead atoms. The molecule has 5 heteroatoms. The van der Waals surface area contributed by atoms with Gasteiger partial charge in [0.2, 0.25) is 5.91 Å². The van der Waals surface area contributed by atoms with Crippen LogP contribution < -0.4 is 10.6 Å². The molecule has 1 saturated heterocycles. The van der Waals surface area contributed by atoms with Gasteiger partial charge in [0.05, 0.1) is 11.5 Å². The summed E-state index contributed by atoms with van der Waals surface area (Å²) in [5.74, 6) is -0.998. The van der Waals surface area contributed by atoms with Crippen molar-refractivity contribution in [2.75, 3.05) is 18.0 Å². The van der Waals surface area contributed by atoms with E-state index in [1.54, 1.807) is 12.1 Å². The first-order valence-corrected chi connectivity index (χ1v) is 5.35. The molecule has 1 unspecified atom stereocenters. The van der Waals surface area contributed by atoms with Crippen LogP contribution in [0.15, 0.2) is 18.2 Å². The van der Waals surface area contributed by atoms with Gasteiger partial charge in [-0.2, -0.15) is 5.26 Å². The normalized spacial score (nSPS) is 19.1. The number of anilines is 1. The zero-order chi connectivity index (χ0) is 12.4. The molecule has 1 heterocycles. The van der Waals surface area contributed by atoms with Crippen LogP contribution in [0.2, 0.25) is 0 Å². The smallest absolute Gasteiger partial charge is 0.222 e. The van der Waals surface area contributed by atoms with Crippen LogP contribution >= 0.6 is 0 Å². The summed E-state index contributed by atoms with van der Waals surface area (Å²) < 4.78 is 13.1. The Bertz CT molecular complexity index is 495. The number of nitrogens with zero attached hydrogens (tertiary/aromatic N) is 2. The van der Waals surface area contributed by atoms with Crippen molar-refractivity contribution >= 4 is 11.6 Å². The van der Waals surface area contributed by atoms with Crippen molar-refractivity contribution in [2.45, 2.75) is 6.42 Å². The molecule has 2 rings (SSSR count). The minimum atomic E-state index is -0.526. The van der Waals surface area contributed by atoms with Crippen LogP contribution in [0.5, 0.6) is 0 Å². The highest BCUT2D eigenvalue weighted by molar-refractivity contribution is 5.78. The molecule has 1 atom stereocenters. The molecule has 4 nitrogen and oxygen atoms in total. The third-order valence-electron chi connectivity index (χ3n) is 3.03. The molecule has 0 radical (unpaired) electrons. The van der Waals surface area contributed by atoms with E-state index < -0.39 is 5.82 Å². The van der Waals surface area contributed by atoms with E-state index in [2.05, 4.69) is 0 Å². The van der Waals surface area contributed by atoms with Gasteiger partial charge in [-0.15, -0.1) is 0 Å². The monoisotopic (exact) mass is 233 g/mol. The molecule has 1 aromatic carbocycles. The number of halogens is 1. The Labute approximate surface area is 98.4 Å². The molecular weight excluding hydrogens is 221 g/mol. The van der Waals surface area contributed by atoms with Gasteiger partial charge in [0.15, 0.2) is 0 Å². The lowest BCUT2D eigenvalue weighted by Gasteiger charge is -2.18. The minimum Gasteiger partial charge on any atom is -0.371 e. The van der Waals surface area contributed by atoms with Crippen molar-refractivity contribution < 1.29 is 9.18 Å². The van der Waals surface area contributed by atoms with E-state index in [1.807, 2.05) is 4.90 Å². The lowest BCUT2D eigenvalue weighted by molar-refractivity contribution is -0.121. The van der Waals surface area contributed by atoms with E-state index in [4.69, 9.17) is 11.0 Å². The van der Waals surface area contributed by atoms with Gasteiger partial charge < -0.3 is 10.6 Å². The zero-order valence-corrected chi connectivity index (χ0v) is 9.19. The van der Waals surface area contributed by atoms with Crippen molar-refractivity contribution in [1.29, 1.82) is 5.26 Å². The first-order chi connectivity index (χ1) is 8.11. The van der Waals surface area contributed by atoms with Gasteiger partial charge in [0, 0.05) is 18.8 Å². The predicted molar refractivity (Wildman–Crippen MR) is 60.6 cm³/mol. The fraction of sp³-hybridized carbons (Fsp3) is 0.333. The quantitative estimate of drug-likeness (QED) is 0.828. The maximum Gasteiger partial charge on any atom is 0.222 e. The Morgan fingerprint density at radius 1 is 1.59 bits per heavy atom. The van der Waals surface area contributed by atoms with Crippen LogP contribution in [0.1, 0.15) is 12.0 Å². The van der Waals surface area contributed by atoms with E-state index in [0.29, 0.717) is 19.5 Å². The first-order valence-electron chi connectivity index (χ1n) is 5.35. The topological polar surface area (TPSA) is 70.1 Å². The summed E-state index contributed by atoms with van der Waals surface area (Å²) in [5.41, 5.74) is 6.02. The van der Waals surface area contributed by atoms with Crippen molar-refractivity contribution in [1.82, 2.24) is 0 Å². The zero-order valence-electron chi connectivity index (χ0n) is 9.19. The summed E-state index contributed by atoms with van der Waals surface area (Å²) in [4.78, 5) is 13.0. The van der Waals surface area contributed by atoms with Gasteiger partial charge in [-0.25, -0.2) is 4.39 Å². The van der Waals surface area contributed by atoms with E-state index in [0.717, 1.165) is 5.69 Å². The molecule has 1 aromatic rings. The second kappa shape index (κ2) is 4.42. The van der Waals surface area contributed by atoms with E-state index in [-0.39, 0.29) is 17.4 Å². The standard InChI is InChI=1S/C12H12FN3O/c13-11-2-1-10(5-9(11)6-14)16-4-3-8(7-16)12(15)17/h1-2,5,8H,3-4,7H2,(H2,15,17). The number of carbonyl (C=O) groups excluding carboxylic acids is 1. The summed E-state index contributed by atoms with van der Waals surface area (Å²) in [6.07, 6.45) is 0.703. The maximum absolute atomic E-state index is 13.1. The van der Waals surface area contributed by atoms with Gasteiger partial charge in [-0.1, -0.05) is 0 Å². The molecule has 1 aliphatic heterocycles. The van der Waals surface area contributed by atoms with Gasteiger partial charge >= 0.3 is 0 Å². The number of rotatable bonds is 2. The fourth-order valence-corrected chi connectivity index (χ4v) is 2.02. The Hall–Kier alpha value is -2.09. The summed E-state index contributed by atoms with van der Waals surface area (Å²) in [7, 11) is 0. The second-order valence-corrected chi connectivity index (χ2v) is 4.11. The predicted octanol–water partition coefficient (Wildman–Crippen LogP) is 1.01. The molecule has 0 spiro atoms. The molecular formula is C12H12FN3O. The molecule has 88 valence electrons. The fourth-order valence-electron chi connectivity index (χ4n) is 2.02. The van der Waals surface area contributed by atoms with Crippen molar-refractivity contribution in [2.24, 2.45) is 11.7 Å².